The van der Waals surface area contributed by atoms with Gasteiger partial charge in [0, 0.05) is 6.08 Å². The van der Waals surface area contributed by atoms with Crippen LogP contribution in [0.4, 0.5) is 13.2 Å². The summed E-state index contributed by atoms with van der Waals surface area (Å²) in [7, 11) is 0. The summed E-state index contributed by atoms with van der Waals surface area (Å²) < 4.78 is 51.3. The molecule has 0 saturated carbocycles. The Kier molecular flexibility index (Phi) is 4.62. The number of hydrogen-bond donors (Lipinski definition) is 1. The van der Waals surface area contributed by atoms with Crippen LogP contribution in [0.2, 0.25) is 0 Å². The molecule has 1 aromatic carbocycles. The first-order chi connectivity index (χ1) is 13.5. The molecule has 0 radical (unpaired) electrons. The van der Waals surface area contributed by atoms with E-state index in [-0.39, 0.29) is 5.75 Å². The molecule has 1 aliphatic rings. The molecule has 28 heavy (non-hydrogen) atoms. The smallest absolute Gasteiger partial charge is 0.443 e. The largest absolute Gasteiger partial charge is 0.573 e. The van der Waals surface area contributed by atoms with Gasteiger partial charge in [0.15, 0.2) is 0 Å². The van der Waals surface area contributed by atoms with Crippen molar-refractivity contribution in [3.63, 3.8) is 0 Å². The van der Waals surface area contributed by atoms with Gasteiger partial charge in [0.05, 0.1) is 12.4 Å². The van der Waals surface area contributed by atoms with Gasteiger partial charge >= 0.3 is 6.36 Å². The summed E-state index contributed by atoms with van der Waals surface area (Å²) in [5.41, 5.74) is 3.80. The molecule has 0 spiro atoms. The van der Waals surface area contributed by atoms with Gasteiger partial charge in [0.2, 0.25) is 11.8 Å². The molecule has 2 aromatic heterocycles. The van der Waals surface area contributed by atoms with Gasteiger partial charge in [-0.15, -0.1) is 13.2 Å². The highest BCUT2D eigenvalue weighted by Gasteiger charge is 2.31. The minimum atomic E-state index is -4.73. The Morgan fingerprint density at radius 2 is 1.79 bits per heavy atom. The third-order valence-corrected chi connectivity index (χ3v) is 3.65. The highest BCUT2D eigenvalue weighted by Crippen LogP contribution is 2.29. The molecule has 1 aliphatic heterocycles. The van der Waals surface area contributed by atoms with E-state index in [4.69, 9.17) is 14.0 Å². The summed E-state index contributed by atoms with van der Waals surface area (Å²) >= 11 is 0. The number of halogens is 3. The molecule has 10 heteroatoms. The third kappa shape index (κ3) is 4.23. The van der Waals surface area contributed by atoms with Gasteiger partial charge in [0.25, 0.3) is 0 Å². The van der Waals surface area contributed by atoms with Crippen LogP contribution in [0.3, 0.4) is 0 Å². The number of rotatable bonds is 5. The molecule has 0 amide bonds. The van der Waals surface area contributed by atoms with Crippen molar-refractivity contribution in [2.24, 2.45) is 0 Å². The first-order valence-corrected chi connectivity index (χ1v) is 7.99. The van der Waals surface area contributed by atoms with E-state index in [1.165, 1.54) is 42.9 Å². The van der Waals surface area contributed by atoms with Crippen molar-refractivity contribution in [1.29, 1.82) is 0 Å². The molecule has 3 aromatic rings. The molecule has 4 rings (SSSR count). The predicted octanol–water partition coefficient (Wildman–Crippen LogP) is 4.13. The van der Waals surface area contributed by atoms with Crippen molar-refractivity contribution in [3.8, 4) is 23.1 Å². The molecule has 0 aliphatic carbocycles. The van der Waals surface area contributed by atoms with Crippen molar-refractivity contribution in [2.75, 3.05) is 0 Å². The number of aromatic nitrogens is 2. The normalized spacial score (nSPS) is 16.4. The summed E-state index contributed by atoms with van der Waals surface area (Å²) in [6.07, 6.45) is 0.849. The number of hydrogen-bond acceptors (Lipinski definition) is 7. The van der Waals surface area contributed by atoms with Gasteiger partial charge in [-0.25, -0.2) is 15.4 Å². The van der Waals surface area contributed by atoms with Crippen molar-refractivity contribution in [3.05, 3.63) is 72.6 Å². The monoisotopic (exact) mass is 391 g/mol. The van der Waals surface area contributed by atoms with Crippen LogP contribution >= 0.6 is 0 Å². The second-order valence-electron chi connectivity index (χ2n) is 5.61. The van der Waals surface area contributed by atoms with Crippen LogP contribution in [0.15, 0.2) is 71.4 Å². The minimum absolute atomic E-state index is 0.306. The Bertz CT molecular complexity index is 955. The Morgan fingerprint density at radius 1 is 1.00 bits per heavy atom. The lowest BCUT2D eigenvalue weighted by Gasteiger charge is -2.11. The van der Waals surface area contributed by atoms with E-state index in [2.05, 4.69) is 20.2 Å². The summed E-state index contributed by atoms with van der Waals surface area (Å²) in [5.74, 6) is 0.865. The summed E-state index contributed by atoms with van der Waals surface area (Å²) in [6.45, 7) is 0. The van der Waals surface area contributed by atoms with Gasteiger partial charge in [-0.3, -0.25) is 4.84 Å². The standard InChI is InChI=1S/C18H12F3N3O4/c19-18(20,21)27-12-3-1-11(2-4-12)15-9-16(24-28-15)26-13-5-6-14(23-10-13)17-22-7-8-25-17/h1-10,15,24H/t15-/m0/s1. The Labute approximate surface area is 156 Å². The molecule has 3 heterocycles. The number of oxazole rings is 1. The van der Waals surface area contributed by atoms with E-state index >= 15 is 0 Å². The zero-order chi connectivity index (χ0) is 19.6. The fraction of sp³-hybridized carbons (Fsp3) is 0.111. The van der Waals surface area contributed by atoms with E-state index < -0.39 is 12.5 Å². The minimum Gasteiger partial charge on any atom is -0.443 e. The van der Waals surface area contributed by atoms with Gasteiger partial charge < -0.3 is 13.9 Å². The Hall–Kier alpha value is -3.53. The number of pyridine rings is 1. The van der Waals surface area contributed by atoms with Crippen molar-refractivity contribution in [2.45, 2.75) is 12.5 Å². The average molecular weight is 391 g/mol. The molecule has 7 nitrogen and oxygen atoms in total. The number of nitrogens with zero attached hydrogens (tertiary/aromatic N) is 2. The van der Waals surface area contributed by atoms with E-state index in [1.807, 2.05) is 0 Å². The molecule has 0 bridgehead atoms. The number of alkyl halides is 3. The fourth-order valence-corrected chi connectivity index (χ4v) is 2.45. The maximum atomic E-state index is 12.2. The maximum Gasteiger partial charge on any atom is 0.573 e. The fourth-order valence-electron chi connectivity index (χ4n) is 2.45. The van der Waals surface area contributed by atoms with Gasteiger partial charge in [-0.1, -0.05) is 12.1 Å². The van der Waals surface area contributed by atoms with E-state index in [0.29, 0.717) is 28.8 Å². The van der Waals surface area contributed by atoms with Crippen molar-refractivity contribution < 1.29 is 31.9 Å². The van der Waals surface area contributed by atoms with Gasteiger partial charge in [-0.05, 0) is 29.8 Å². The molecular weight excluding hydrogens is 379 g/mol. The maximum absolute atomic E-state index is 12.2. The average Bonchev–Trinajstić information content (AvgIpc) is 3.34. The zero-order valence-electron chi connectivity index (χ0n) is 14.0. The highest BCUT2D eigenvalue weighted by atomic mass is 19.4. The van der Waals surface area contributed by atoms with Crippen LogP contribution in [0.1, 0.15) is 11.7 Å². The highest BCUT2D eigenvalue weighted by molar-refractivity contribution is 5.47. The lowest BCUT2D eigenvalue weighted by Crippen LogP contribution is -2.17. The molecule has 144 valence electrons. The number of ether oxygens (including phenoxy) is 2. The first kappa shape index (κ1) is 17.9. The SMILES string of the molecule is FC(F)(F)Oc1ccc([C@@H]2C=C(Oc3ccc(-c4ncco4)nc3)NO2)cc1. The lowest BCUT2D eigenvalue weighted by molar-refractivity contribution is -0.274. The predicted molar refractivity (Wildman–Crippen MR) is 88.5 cm³/mol. The Morgan fingerprint density at radius 3 is 2.43 bits per heavy atom. The van der Waals surface area contributed by atoms with E-state index in [1.54, 1.807) is 18.2 Å². The van der Waals surface area contributed by atoms with Gasteiger partial charge in [0.1, 0.15) is 29.6 Å². The van der Waals surface area contributed by atoms with Crippen molar-refractivity contribution in [1.82, 2.24) is 15.4 Å². The van der Waals surface area contributed by atoms with Crippen molar-refractivity contribution >= 4 is 0 Å². The number of hydroxylamine groups is 1. The van der Waals surface area contributed by atoms with Crippen LogP contribution in [-0.2, 0) is 4.84 Å². The molecule has 1 N–H and O–H groups in total. The molecule has 0 saturated heterocycles. The quantitative estimate of drug-likeness (QED) is 0.701. The molecule has 0 unspecified atom stereocenters. The topological polar surface area (TPSA) is 78.6 Å². The summed E-state index contributed by atoms with van der Waals surface area (Å²) in [5, 5.41) is 0. The van der Waals surface area contributed by atoms with Crippen LogP contribution in [0.5, 0.6) is 11.5 Å². The third-order valence-electron chi connectivity index (χ3n) is 3.65. The zero-order valence-corrected chi connectivity index (χ0v) is 14.0. The first-order valence-electron chi connectivity index (χ1n) is 7.99. The summed E-state index contributed by atoms with van der Waals surface area (Å²) in [6, 6.07) is 8.74. The van der Waals surface area contributed by atoms with Crippen LogP contribution in [0.25, 0.3) is 11.6 Å². The Balaban J connectivity index is 1.40. The van der Waals surface area contributed by atoms with Crippen LogP contribution in [-0.4, -0.2) is 16.3 Å². The van der Waals surface area contributed by atoms with E-state index in [9.17, 15) is 13.2 Å². The second-order valence-corrected chi connectivity index (χ2v) is 5.61. The lowest BCUT2D eigenvalue weighted by atomic mass is 10.1. The molecule has 1 atom stereocenters. The summed E-state index contributed by atoms with van der Waals surface area (Å²) in [4.78, 5) is 13.6. The second kappa shape index (κ2) is 7.24. The van der Waals surface area contributed by atoms with Crippen LogP contribution in [0, 0.1) is 0 Å². The number of nitrogens with one attached hydrogen (secondary N) is 1. The number of benzene rings is 1. The van der Waals surface area contributed by atoms with Crippen LogP contribution < -0.4 is 15.0 Å². The molecular formula is C18H12F3N3O4. The molecule has 0 fully saturated rings. The van der Waals surface area contributed by atoms with E-state index in [0.717, 1.165) is 0 Å². The van der Waals surface area contributed by atoms with Gasteiger partial charge in [-0.2, -0.15) is 0 Å².